The van der Waals surface area contributed by atoms with E-state index in [1.165, 1.54) is 4.52 Å². The van der Waals surface area contributed by atoms with Gasteiger partial charge in [-0.3, -0.25) is 14.9 Å². The summed E-state index contributed by atoms with van der Waals surface area (Å²) in [6, 6.07) is -0.162. The number of ether oxygens (including phenoxy) is 2. The molecule has 1 saturated heterocycles. The van der Waals surface area contributed by atoms with Gasteiger partial charge in [0.1, 0.15) is 11.3 Å². The maximum Gasteiger partial charge on any atom is 0.410 e. The zero-order chi connectivity index (χ0) is 26.9. The molecule has 1 aliphatic carbocycles. The summed E-state index contributed by atoms with van der Waals surface area (Å²) < 4.78 is 13.9. The van der Waals surface area contributed by atoms with Crippen LogP contribution in [0, 0.1) is 10.1 Å². The van der Waals surface area contributed by atoms with E-state index in [4.69, 9.17) is 9.47 Å². The molecule has 3 aliphatic heterocycles. The summed E-state index contributed by atoms with van der Waals surface area (Å²) in [5.41, 5.74) is 0.996. The number of hydrogen-bond acceptors (Lipinski definition) is 9. The average Bonchev–Trinajstić information content (AvgIpc) is 3.42. The van der Waals surface area contributed by atoms with Gasteiger partial charge in [0, 0.05) is 36.4 Å². The van der Waals surface area contributed by atoms with Crippen LogP contribution in [0.5, 0.6) is 0 Å². The quantitative estimate of drug-likeness (QED) is 0.435. The van der Waals surface area contributed by atoms with Gasteiger partial charge >= 0.3 is 6.09 Å². The molecule has 5 heterocycles. The van der Waals surface area contributed by atoms with Gasteiger partial charge in [-0.05, 0) is 45.6 Å². The fourth-order valence-corrected chi connectivity index (χ4v) is 6.21. The summed E-state index contributed by atoms with van der Waals surface area (Å²) in [6.07, 6.45) is 2.99. The Balaban J connectivity index is 1.46. The third kappa shape index (κ3) is 3.86. The maximum atomic E-state index is 14.1. The minimum absolute atomic E-state index is 0.0748. The van der Waals surface area contributed by atoms with Gasteiger partial charge in [0.15, 0.2) is 5.82 Å². The van der Waals surface area contributed by atoms with E-state index in [2.05, 4.69) is 15.0 Å². The summed E-state index contributed by atoms with van der Waals surface area (Å²) in [4.78, 5) is 47.3. The summed E-state index contributed by atoms with van der Waals surface area (Å²) in [6.45, 7) is 9.23. The molecule has 13 nitrogen and oxygen atoms in total. The molecule has 1 amide bonds. The lowest BCUT2D eigenvalue weighted by atomic mass is 9.81. The van der Waals surface area contributed by atoms with Crippen LogP contribution in [0.25, 0.3) is 11.4 Å². The van der Waals surface area contributed by atoms with Crippen molar-refractivity contribution in [1.29, 1.82) is 0 Å². The van der Waals surface area contributed by atoms with Crippen molar-refractivity contribution in [3.05, 3.63) is 38.1 Å². The van der Waals surface area contributed by atoms with E-state index >= 15 is 0 Å². The molecule has 0 radical (unpaired) electrons. The summed E-state index contributed by atoms with van der Waals surface area (Å²) in [5, 5.41) is 16.7. The standard InChI is InChI=1S/C25H33N7O6/c1-14-13-18(32(35)36)30-19(14)20(22(33)31-23(30)26-21(27-31)15-7-11-37-12-8-15)28-9-10-29(17-6-5-16(17)28)24(34)38-25(2,3)4/h7,14,16-18H,5-6,8-13H2,1-4H3/t14-,16+,17+,18+/m1/s1. The summed E-state index contributed by atoms with van der Waals surface area (Å²) in [5.74, 6) is 0.373. The Bertz CT molecular complexity index is 1410. The smallest absolute Gasteiger partial charge is 0.410 e. The van der Waals surface area contributed by atoms with Crippen molar-refractivity contribution in [2.45, 2.75) is 83.1 Å². The number of piperazine rings is 1. The second kappa shape index (κ2) is 8.79. The van der Waals surface area contributed by atoms with Gasteiger partial charge < -0.3 is 19.3 Å². The van der Waals surface area contributed by atoms with Crippen LogP contribution < -0.4 is 10.5 Å². The van der Waals surface area contributed by atoms with Crippen molar-refractivity contribution in [3.63, 3.8) is 0 Å². The minimum atomic E-state index is -1.04. The maximum absolute atomic E-state index is 14.1. The average molecular weight is 528 g/mol. The lowest BCUT2D eigenvalue weighted by Crippen LogP contribution is -2.67. The van der Waals surface area contributed by atoms with E-state index in [-0.39, 0.29) is 46.8 Å². The van der Waals surface area contributed by atoms with Crippen molar-refractivity contribution in [2.75, 3.05) is 31.2 Å². The van der Waals surface area contributed by atoms with Crippen LogP contribution >= 0.6 is 0 Å². The SMILES string of the molecule is C[C@@H]1C[C@H]([N+](=O)[O-])n2c1c(N1CCN(C(=O)OC(C)(C)C)[C@H]3CC[C@@H]31)c(=O)n1nc(C3=CCOCC3)nc21. The molecule has 2 aromatic rings. The molecule has 6 rings (SSSR count). The molecule has 2 fully saturated rings. The van der Waals surface area contributed by atoms with Crippen LogP contribution in [0.1, 0.15) is 77.0 Å². The van der Waals surface area contributed by atoms with Crippen LogP contribution in [0.2, 0.25) is 0 Å². The van der Waals surface area contributed by atoms with Crippen molar-refractivity contribution < 1.29 is 19.2 Å². The zero-order valence-electron chi connectivity index (χ0n) is 22.1. The Hall–Kier alpha value is -3.48. The first-order chi connectivity index (χ1) is 18.0. The highest BCUT2D eigenvalue weighted by molar-refractivity contribution is 5.70. The van der Waals surface area contributed by atoms with E-state index < -0.39 is 11.8 Å². The molecule has 1 saturated carbocycles. The Morgan fingerprint density at radius 3 is 2.63 bits per heavy atom. The minimum Gasteiger partial charge on any atom is -0.444 e. The Labute approximate surface area is 219 Å². The predicted molar refractivity (Wildman–Crippen MR) is 137 cm³/mol. The number of carbonyl (C=O) groups excluding carboxylic acids is 1. The van der Waals surface area contributed by atoms with Gasteiger partial charge in [-0.25, -0.2) is 9.36 Å². The molecular formula is C25H33N7O6. The lowest BCUT2D eigenvalue weighted by molar-refractivity contribution is -0.546. The number of nitro groups is 1. The monoisotopic (exact) mass is 527 g/mol. The number of rotatable bonds is 3. The molecule has 13 heteroatoms. The number of fused-ring (bicyclic) bond motifs is 4. The van der Waals surface area contributed by atoms with Crippen LogP contribution in [-0.4, -0.2) is 79.1 Å². The molecule has 2 aromatic heterocycles. The van der Waals surface area contributed by atoms with Gasteiger partial charge in [0.25, 0.3) is 11.7 Å². The molecule has 4 aliphatic rings. The van der Waals surface area contributed by atoms with Gasteiger partial charge in [-0.1, -0.05) is 13.0 Å². The second-order valence-electron chi connectivity index (χ2n) is 11.6. The van der Waals surface area contributed by atoms with Gasteiger partial charge in [-0.15, -0.1) is 5.10 Å². The Kier molecular flexibility index (Phi) is 5.74. The van der Waals surface area contributed by atoms with Crippen LogP contribution in [0.3, 0.4) is 0 Å². The van der Waals surface area contributed by atoms with Crippen molar-refractivity contribution >= 4 is 23.1 Å². The Morgan fingerprint density at radius 1 is 1.24 bits per heavy atom. The number of aromatic nitrogens is 4. The zero-order valence-corrected chi connectivity index (χ0v) is 22.1. The topological polar surface area (TPSA) is 137 Å². The number of hydrogen-bond donors (Lipinski definition) is 0. The van der Waals surface area contributed by atoms with E-state index in [1.807, 2.05) is 33.8 Å². The van der Waals surface area contributed by atoms with Gasteiger partial charge in [0.05, 0.1) is 24.9 Å². The van der Waals surface area contributed by atoms with E-state index in [0.29, 0.717) is 49.9 Å². The van der Waals surface area contributed by atoms with Gasteiger partial charge in [0.2, 0.25) is 5.78 Å². The molecule has 0 spiro atoms. The van der Waals surface area contributed by atoms with Crippen molar-refractivity contribution in [2.24, 2.45) is 0 Å². The molecular weight excluding hydrogens is 494 g/mol. The first-order valence-electron chi connectivity index (χ1n) is 13.3. The summed E-state index contributed by atoms with van der Waals surface area (Å²) in [7, 11) is 0. The predicted octanol–water partition coefficient (Wildman–Crippen LogP) is 2.57. The highest BCUT2D eigenvalue weighted by Gasteiger charge is 2.49. The van der Waals surface area contributed by atoms with E-state index in [0.717, 1.165) is 18.4 Å². The number of nitrogens with zero attached hydrogens (tertiary/aromatic N) is 7. The molecule has 204 valence electrons. The number of carbonyl (C=O) groups is 1. The molecule has 0 N–H and O–H groups in total. The van der Waals surface area contributed by atoms with Crippen LogP contribution in [-0.2, 0) is 9.47 Å². The molecule has 4 atom stereocenters. The third-order valence-electron chi connectivity index (χ3n) is 8.03. The fraction of sp³-hybridized carbons (Fsp3) is 0.680. The van der Waals surface area contributed by atoms with Crippen LogP contribution in [0.4, 0.5) is 10.5 Å². The second-order valence-corrected chi connectivity index (χ2v) is 11.6. The van der Waals surface area contributed by atoms with Crippen LogP contribution in [0.15, 0.2) is 10.9 Å². The first-order valence-corrected chi connectivity index (χ1v) is 13.3. The Morgan fingerprint density at radius 2 is 2.00 bits per heavy atom. The van der Waals surface area contributed by atoms with E-state index in [1.54, 1.807) is 9.47 Å². The van der Waals surface area contributed by atoms with Gasteiger partial charge in [-0.2, -0.15) is 9.50 Å². The number of amides is 1. The lowest BCUT2D eigenvalue weighted by Gasteiger charge is -2.54. The van der Waals surface area contributed by atoms with Crippen molar-refractivity contribution in [1.82, 2.24) is 24.1 Å². The third-order valence-corrected chi connectivity index (χ3v) is 8.03. The fourth-order valence-electron chi connectivity index (χ4n) is 6.21. The largest absolute Gasteiger partial charge is 0.444 e. The summed E-state index contributed by atoms with van der Waals surface area (Å²) >= 11 is 0. The number of anilines is 1. The first kappa shape index (κ1) is 24.8. The molecule has 0 unspecified atom stereocenters. The van der Waals surface area contributed by atoms with Crippen molar-refractivity contribution in [3.8, 4) is 0 Å². The molecule has 0 aromatic carbocycles. The molecule has 38 heavy (non-hydrogen) atoms. The normalized spacial score (nSPS) is 27.0. The van der Waals surface area contributed by atoms with E-state index in [9.17, 15) is 19.7 Å². The highest BCUT2D eigenvalue weighted by Crippen LogP contribution is 2.44. The highest BCUT2D eigenvalue weighted by atomic mass is 16.6. The molecule has 0 bridgehead atoms.